The van der Waals surface area contributed by atoms with Crippen LogP contribution in [0.25, 0.3) is 0 Å². The van der Waals surface area contributed by atoms with Gasteiger partial charge in [0, 0.05) is 19.3 Å². The van der Waals surface area contributed by atoms with E-state index in [2.05, 4.69) is 17.2 Å². The first-order valence-electron chi connectivity index (χ1n) is 6.89. The van der Waals surface area contributed by atoms with Crippen molar-refractivity contribution in [2.45, 2.75) is 13.5 Å². The summed E-state index contributed by atoms with van der Waals surface area (Å²) in [5.74, 6) is 1.70. The summed E-state index contributed by atoms with van der Waals surface area (Å²) in [6.07, 6.45) is 0. The first kappa shape index (κ1) is 15.6. The molecule has 1 heterocycles. The van der Waals surface area contributed by atoms with Crippen molar-refractivity contribution in [1.82, 2.24) is 10.3 Å². The van der Waals surface area contributed by atoms with Crippen LogP contribution in [0.15, 0.2) is 36.4 Å². The van der Waals surface area contributed by atoms with E-state index in [4.69, 9.17) is 16.3 Å². The highest BCUT2D eigenvalue weighted by molar-refractivity contribution is 6.31. The van der Waals surface area contributed by atoms with Gasteiger partial charge in [-0.15, -0.1) is 0 Å². The highest BCUT2D eigenvalue weighted by atomic mass is 35.5. The molecule has 5 heteroatoms. The lowest BCUT2D eigenvalue weighted by molar-refractivity contribution is 0.415. The first-order chi connectivity index (χ1) is 10.2. The first-order valence-corrected chi connectivity index (χ1v) is 7.27. The lowest BCUT2D eigenvalue weighted by atomic mass is 10.2. The standard InChI is InChI=1S/C16H20ClN3O/c1-4-18-11-15-14(17)9-10-16(19-15)20(2)12-5-7-13(21-3)8-6-12/h5-10,18H,4,11H2,1-3H3. The summed E-state index contributed by atoms with van der Waals surface area (Å²) in [4.78, 5) is 6.65. The fraction of sp³-hybridized carbons (Fsp3) is 0.312. The summed E-state index contributed by atoms with van der Waals surface area (Å²) < 4.78 is 5.17. The topological polar surface area (TPSA) is 37.4 Å². The number of rotatable bonds is 6. The molecule has 21 heavy (non-hydrogen) atoms. The van der Waals surface area contributed by atoms with Crippen LogP contribution in [0.3, 0.4) is 0 Å². The Morgan fingerprint density at radius 3 is 2.52 bits per heavy atom. The molecule has 4 nitrogen and oxygen atoms in total. The smallest absolute Gasteiger partial charge is 0.133 e. The third-order valence-corrected chi connectivity index (χ3v) is 3.59. The molecule has 2 rings (SSSR count). The summed E-state index contributed by atoms with van der Waals surface area (Å²) in [5, 5.41) is 3.93. The number of ether oxygens (including phenoxy) is 1. The molecule has 0 unspecified atom stereocenters. The van der Waals surface area contributed by atoms with Crippen molar-refractivity contribution in [3.63, 3.8) is 0 Å². The molecule has 1 aromatic carbocycles. The van der Waals surface area contributed by atoms with Crippen LogP contribution in [0.2, 0.25) is 5.02 Å². The predicted octanol–water partition coefficient (Wildman–Crippen LogP) is 3.62. The van der Waals surface area contributed by atoms with E-state index in [1.807, 2.05) is 48.3 Å². The van der Waals surface area contributed by atoms with E-state index in [1.54, 1.807) is 7.11 Å². The molecule has 0 bridgehead atoms. The fourth-order valence-electron chi connectivity index (χ4n) is 1.97. The number of nitrogens with zero attached hydrogens (tertiary/aromatic N) is 2. The van der Waals surface area contributed by atoms with Crippen LogP contribution in [-0.4, -0.2) is 25.7 Å². The molecule has 0 atom stereocenters. The number of anilines is 2. The number of nitrogens with one attached hydrogen (secondary N) is 1. The van der Waals surface area contributed by atoms with Crippen molar-refractivity contribution < 1.29 is 4.74 Å². The van der Waals surface area contributed by atoms with Crippen LogP contribution < -0.4 is 15.0 Å². The van der Waals surface area contributed by atoms with Crippen LogP contribution in [0.1, 0.15) is 12.6 Å². The molecule has 0 radical (unpaired) electrons. The Labute approximate surface area is 130 Å². The number of benzene rings is 1. The number of methoxy groups -OCH3 is 1. The van der Waals surface area contributed by atoms with Gasteiger partial charge in [0.1, 0.15) is 11.6 Å². The van der Waals surface area contributed by atoms with Crippen LogP contribution in [-0.2, 0) is 6.54 Å². The van der Waals surface area contributed by atoms with Gasteiger partial charge < -0.3 is 15.0 Å². The van der Waals surface area contributed by atoms with Gasteiger partial charge in [-0.25, -0.2) is 4.98 Å². The molecule has 2 aromatic rings. The summed E-state index contributed by atoms with van der Waals surface area (Å²) >= 11 is 6.18. The zero-order valence-corrected chi connectivity index (χ0v) is 13.3. The highest BCUT2D eigenvalue weighted by Crippen LogP contribution is 2.26. The van der Waals surface area contributed by atoms with Crippen LogP contribution in [0.5, 0.6) is 5.75 Å². The molecule has 112 valence electrons. The maximum absolute atomic E-state index is 6.18. The van der Waals surface area contributed by atoms with Crippen LogP contribution >= 0.6 is 11.6 Å². The normalized spacial score (nSPS) is 10.5. The molecule has 0 amide bonds. The molecule has 1 aromatic heterocycles. The Morgan fingerprint density at radius 2 is 1.90 bits per heavy atom. The lowest BCUT2D eigenvalue weighted by Crippen LogP contribution is -2.16. The molecule has 1 N–H and O–H groups in total. The Morgan fingerprint density at radius 1 is 1.19 bits per heavy atom. The second-order valence-corrected chi connectivity index (χ2v) is 5.04. The third-order valence-electron chi connectivity index (χ3n) is 3.25. The number of hydrogen-bond donors (Lipinski definition) is 1. The average Bonchev–Trinajstić information content (AvgIpc) is 2.53. The highest BCUT2D eigenvalue weighted by Gasteiger charge is 2.09. The number of halogens is 1. The van der Waals surface area contributed by atoms with E-state index < -0.39 is 0 Å². The molecule has 0 saturated carbocycles. The molecule has 0 spiro atoms. The van der Waals surface area contributed by atoms with Gasteiger partial charge in [0.15, 0.2) is 0 Å². The molecule has 0 saturated heterocycles. The van der Waals surface area contributed by atoms with Crippen LogP contribution in [0, 0.1) is 0 Å². The Kier molecular flexibility index (Phi) is 5.42. The largest absolute Gasteiger partial charge is 0.497 e. The van der Waals surface area contributed by atoms with E-state index in [1.165, 1.54) is 0 Å². The van der Waals surface area contributed by atoms with Gasteiger partial charge in [-0.2, -0.15) is 0 Å². The maximum atomic E-state index is 6.18. The Balaban J connectivity index is 2.23. The van der Waals surface area contributed by atoms with Gasteiger partial charge >= 0.3 is 0 Å². The van der Waals surface area contributed by atoms with E-state index in [0.717, 1.165) is 29.5 Å². The second-order valence-electron chi connectivity index (χ2n) is 4.64. The van der Waals surface area contributed by atoms with Crippen LogP contribution in [0.4, 0.5) is 11.5 Å². The number of pyridine rings is 1. The van der Waals surface area contributed by atoms with Crippen molar-refractivity contribution >= 4 is 23.1 Å². The third kappa shape index (κ3) is 3.86. The molecule has 0 fully saturated rings. The summed E-state index contributed by atoms with van der Waals surface area (Å²) in [6.45, 7) is 3.61. The quantitative estimate of drug-likeness (QED) is 0.884. The number of hydrogen-bond acceptors (Lipinski definition) is 4. The minimum atomic E-state index is 0.666. The Bertz CT molecular complexity index is 587. The van der Waals surface area contributed by atoms with Gasteiger partial charge in [-0.1, -0.05) is 18.5 Å². The fourth-order valence-corrected chi connectivity index (χ4v) is 2.14. The molecule has 0 aliphatic carbocycles. The van der Waals surface area contributed by atoms with Gasteiger partial charge in [0.05, 0.1) is 17.8 Å². The average molecular weight is 306 g/mol. The van der Waals surface area contributed by atoms with Crippen molar-refractivity contribution in [1.29, 1.82) is 0 Å². The zero-order chi connectivity index (χ0) is 15.2. The predicted molar refractivity (Wildman–Crippen MR) is 87.7 cm³/mol. The SMILES string of the molecule is CCNCc1nc(N(C)c2ccc(OC)cc2)ccc1Cl. The molecular formula is C16H20ClN3O. The van der Waals surface area contributed by atoms with Gasteiger partial charge in [-0.3, -0.25) is 0 Å². The maximum Gasteiger partial charge on any atom is 0.133 e. The number of aromatic nitrogens is 1. The lowest BCUT2D eigenvalue weighted by Gasteiger charge is -2.19. The summed E-state index contributed by atoms with van der Waals surface area (Å²) in [5.41, 5.74) is 1.90. The van der Waals surface area contributed by atoms with E-state index in [9.17, 15) is 0 Å². The monoisotopic (exact) mass is 305 g/mol. The minimum absolute atomic E-state index is 0.666. The molecular weight excluding hydrogens is 286 g/mol. The van der Waals surface area contributed by atoms with Crippen molar-refractivity contribution in [3.05, 3.63) is 47.1 Å². The van der Waals surface area contributed by atoms with E-state index in [-0.39, 0.29) is 0 Å². The van der Waals surface area contributed by atoms with Crippen molar-refractivity contribution in [2.75, 3.05) is 25.6 Å². The van der Waals surface area contributed by atoms with Crippen molar-refractivity contribution in [3.8, 4) is 5.75 Å². The summed E-state index contributed by atoms with van der Waals surface area (Å²) in [6, 6.07) is 11.7. The van der Waals surface area contributed by atoms with Gasteiger partial charge in [-0.05, 0) is 42.9 Å². The van der Waals surface area contributed by atoms with Gasteiger partial charge in [0.25, 0.3) is 0 Å². The van der Waals surface area contributed by atoms with Gasteiger partial charge in [0.2, 0.25) is 0 Å². The summed E-state index contributed by atoms with van der Waals surface area (Å²) in [7, 11) is 3.64. The van der Waals surface area contributed by atoms with Crippen molar-refractivity contribution in [2.24, 2.45) is 0 Å². The molecule has 0 aliphatic rings. The van der Waals surface area contributed by atoms with E-state index in [0.29, 0.717) is 11.6 Å². The molecule has 0 aliphatic heterocycles. The van der Waals surface area contributed by atoms with E-state index >= 15 is 0 Å². The second kappa shape index (κ2) is 7.29. The Hall–Kier alpha value is -1.78. The zero-order valence-electron chi connectivity index (χ0n) is 12.6. The minimum Gasteiger partial charge on any atom is -0.497 e.